The molecule has 1 aliphatic carbocycles. The van der Waals surface area contributed by atoms with E-state index in [0.717, 1.165) is 0 Å². The molecule has 1 rings (SSSR count). The van der Waals surface area contributed by atoms with Crippen LogP contribution in [0.25, 0.3) is 0 Å². The minimum atomic E-state index is 0.707. The van der Waals surface area contributed by atoms with Crippen LogP contribution in [0.15, 0.2) is 12.2 Å². The molecule has 1 atom stereocenters. The first kappa shape index (κ1) is 6.81. The van der Waals surface area contributed by atoms with Gasteiger partial charge in [0.2, 0.25) is 0 Å². The van der Waals surface area contributed by atoms with Gasteiger partial charge in [-0.15, -0.1) is 0 Å². The predicted molar refractivity (Wildman–Crippen MR) is 40.5 cm³/mol. The first-order chi connectivity index (χ1) is 4.30. The van der Waals surface area contributed by atoms with Crippen LogP contribution in [0.4, 0.5) is 0 Å². The lowest BCUT2D eigenvalue weighted by Crippen LogP contribution is -2.26. The second kappa shape index (κ2) is 3.02. The summed E-state index contributed by atoms with van der Waals surface area (Å²) in [5.41, 5.74) is 0. The molecule has 1 nitrogen and oxygen atoms in total. The molecule has 0 aliphatic heterocycles. The molecule has 0 saturated heterocycles. The lowest BCUT2D eigenvalue weighted by Gasteiger charge is -2.23. The Morgan fingerprint density at radius 1 is 1.44 bits per heavy atom. The summed E-state index contributed by atoms with van der Waals surface area (Å²) in [4.78, 5) is 2.27. The van der Waals surface area contributed by atoms with Crippen molar-refractivity contribution in [3.8, 4) is 0 Å². The molecule has 0 saturated carbocycles. The highest BCUT2D eigenvalue weighted by Gasteiger charge is 2.08. The fourth-order valence-electron chi connectivity index (χ4n) is 1.22. The van der Waals surface area contributed by atoms with Crippen LogP contribution in [0.5, 0.6) is 0 Å². The molecule has 1 heteroatoms. The van der Waals surface area contributed by atoms with Gasteiger partial charge in [-0.2, -0.15) is 0 Å². The van der Waals surface area contributed by atoms with Gasteiger partial charge < -0.3 is 4.90 Å². The Morgan fingerprint density at radius 3 is 2.56 bits per heavy atom. The van der Waals surface area contributed by atoms with Gasteiger partial charge in [0, 0.05) is 6.04 Å². The van der Waals surface area contributed by atoms with Crippen LogP contribution in [-0.4, -0.2) is 25.0 Å². The van der Waals surface area contributed by atoms with Gasteiger partial charge in [-0.1, -0.05) is 12.2 Å². The van der Waals surface area contributed by atoms with Gasteiger partial charge in [0.25, 0.3) is 0 Å². The molecule has 0 aromatic heterocycles. The maximum Gasteiger partial charge on any atom is 0.0272 e. The predicted octanol–water partition coefficient (Wildman–Crippen LogP) is 1.66. The first-order valence-corrected chi connectivity index (χ1v) is 3.64. The number of allylic oxidation sites excluding steroid dienone is 1. The van der Waals surface area contributed by atoms with Crippen LogP contribution in [-0.2, 0) is 0 Å². The van der Waals surface area contributed by atoms with Gasteiger partial charge in [-0.05, 0) is 33.4 Å². The average molecular weight is 125 g/mol. The topological polar surface area (TPSA) is 3.24 Å². The Kier molecular flexibility index (Phi) is 2.29. The summed E-state index contributed by atoms with van der Waals surface area (Å²) >= 11 is 0. The number of likely N-dealkylation sites (N-methyl/N-ethyl adjacent to an activating group) is 1. The molecule has 0 spiro atoms. The van der Waals surface area contributed by atoms with Crippen molar-refractivity contribution in [1.82, 2.24) is 4.90 Å². The van der Waals surface area contributed by atoms with Crippen molar-refractivity contribution in [3.05, 3.63) is 12.2 Å². The van der Waals surface area contributed by atoms with Crippen LogP contribution in [0, 0.1) is 0 Å². The third kappa shape index (κ3) is 1.83. The maximum absolute atomic E-state index is 2.31. The van der Waals surface area contributed by atoms with Crippen LogP contribution < -0.4 is 0 Å². The van der Waals surface area contributed by atoms with Crippen LogP contribution in [0.3, 0.4) is 0 Å². The van der Waals surface area contributed by atoms with E-state index in [1.165, 1.54) is 19.3 Å². The third-order valence-corrected chi connectivity index (χ3v) is 1.89. The first-order valence-electron chi connectivity index (χ1n) is 3.64. The van der Waals surface area contributed by atoms with Crippen molar-refractivity contribution in [2.24, 2.45) is 0 Å². The van der Waals surface area contributed by atoms with Gasteiger partial charge in [-0.3, -0.25) is 0 Å². The smallest absolute Gasteiger partial charge is 0.0272 e. The van der Waals surface area contributed by atoms with E-state index in [9.17, 15) is 0 Å². The zero-order chi connectivity index (χ0) is 6.69. The monoisotopic (exact) mass is 125 g/mol. The Bertz CT molecular complexity index is 105. The van der Waals surface area contributed by atoms with Crippen molar-refractivity contribution in [2.75, 3.05) is 14.1 Å². The molecule has 0 bridgehead atoms. The Labute approximate surface area is 57.4 Å². The summed E-state index contributed by atoms with van der Waals surface area (Å²) in [5.74, 6) is 0. The van der Waals surface area contributed by atoms with Crippen LogP contribution >= 0.6 is 0 Å². The minimum Gasteiger partial charge on any atom is -0.303 e. The fraction of sp³-hybridized carbons (Fsp3) is 0.750. The number of hydrogen-bond donors (Lipinski definition) is 0. The van der Waals surface area contributed by atoms with E-state index in [0.29, 0.717) is 6.04 Å². The largest absolute Gasteiger partial charge is 0.303 e. The fourth-order valence-corrected chi connectivity index (χ4v) is 1.22. The maximum atomic E-state index is 2.31. The summed E-state index contributed by atoms with van der Waals surface area (Å²) in [6.45, 7) is 0. The standard InChI is InChI=1S/C8H15N/c1-9(2)8-6-4-3-5-7-8/h4,6,8H,3,5,7H2,1-2H3. The highest BCUT2D eigenvalue weighted by Crippen LogP contribution is 2.13. The van der Waals surface area contributed by atoms with Crippen molar-refractivity contribution in [2.45, 2.75) is 25.3 Å². The van der Waals surface area contributed by atoms with E-state index in [4.69, 9.17) is 0 Å². The molecule has 0 fully saturated rings. The Morgan fingerprint density at radius 2 is 2.22 bits per heavy atom. The van der Waals surface area contributed by atoms with Gasteiger partial charge in [0.1, 0.15) is 0 Å². The number of nitrogens with zero attached hydrogens (tertiary/aromatic N) is 1. The second-order valence-electron chi connectivity index (χ2n) is 2.89. The molecule has 0 radical (unpaired) electrons. The number of rotatable bonds is 1. The normalized spacial score (nSPS) is 27.2. The average Bonchev–Trinajstić information content (AvgIpc) is 1.90. The second-order valence-corrected chi connectivity index (χ2v) is 2.89. The molecule has 0 N–H and O–H groups in total. The molecule has 52 valence electrons. The molecule has 1 unspecified atom stereocenters. The van der Waals surface area contributed by atoms with Gasteiger partial charge in [-0.25, -0.2) is 0 Å². The summed E-state index contributed by atoms with van der Waals surface area (Å²) in [7, 11) is 4.28. The van der Waals surface area contributed by atoms with E-state index < -0.39 is 0 Å². The van der Waals surface area contributed by atoms with Gasteiger partial charge in [0.15, 0.2) is 0 Å². The Hall–Kier alpha value is -0.300. The third-order valence-electron chi connectivity index (χ3n) is 1.89. The van der Waals surface area contributed by atoms with Crippen LogP contribution in [0.2, 0.25) is 0 Å². The molecule has 0 amide bonds. The highest BCUT2D eigenvalue weighted by molar-refractivity contribution is 4.97. The summed E-state index contributed by atoms with van der Waals surface area (Å²) < 4.78 is 0. The molecule has 9 heavy (non-hydrogen) atoms. The lowest BCUT2D eigenvalue weighted by molar-refractivity contribution is 0.316. The summed E-state index contributed by atoms with van der Waals surface area (Å²) in [6.07, 6.45) is 8.57. The van der Waals surface area contributed by atoms with E-state index in [-0.39, 0.29) is 0 Å². The van der Waals surface area contributed by atoms with E-state index in [1.807, 2.05) is 0 Å². The van der Waals surface area contributed by atoms with E-state index >= 15 is 0 Å². The lowest BCUT2D eigenvalue weighted by atomic mass is 10.0. The van der Waals surface area contributed by atoms with Crippen LogP contribution in [0.1, 0.15) is 19.3 Å². The Balaban J connectivity index is 2.40. The van der Waals surface area contributed by atoms with Gasteiger partial charge in [0.05, 0.1) is 0 Å². The van der Waals surface area contributed by atoms with E-state index in [2.05, 4.69) is 31.1 Å². The molecule has 0 aromatic carbocycles. The van der Waals surface area contributed by atoms with Gasteiger partial charge >= 0.3 is 0 Å². The highest BCUT2D eigenvalue weighted by atomic mass is 15.1. The zero-order valence-electron chi connectivity index (χ0n) is 6.30. The molecule has 1 aliphatic rings. The van der Waals surface area contributed by atoms with Crippen molar-refractivity contribution in [3.63, 3.8) is 0 Å². The quantitative estimate of drug-likeness (QED) is 0.482. The van der Waals surface area contributed by atoms with Crippen molar-refractivity contribution in [1.29, 1.82) is 0 Å². The minimum absolute atomic E-state index is 0.707. The molecular weight excluding hydrogens is 110 g/mol. The molecule has 0 heterocycles. The van der Waals surface area contributed by atoms with E-state index in [1.54, 1.807) is 0 Å². The van der Waals surface area contributed by atoms with Crippen molar-refractivity contribution >= 4 is 0 Å². The molecule has 0 aromatic rings. The summed E-state index contributed by atoms with van der Waals surface area (Å²) in [5, 5.41) is 0. The zero-order valence-corrected chi connectivity index (χ0v) is 6.30. The summed E-state index contributed by atoms with van der Waals surface area (Å²) in [6, 6.07) is 0.707. The number of hydrogen-bond acceptors (Lipinski definition) is 1. The van der Waals surface area contributed by atoms with Crippen molar-refractivity contribution < 1.29 is 0 Å². The molecular formula is C8H15N. The SMILES string of the molecule is CN(C)C1C=CCCC1.